The molecule has 0 heterocycles. The van der Waals surface area contributed by atoms with Crippen molar-refractivity contribution < 1.29 is 9.53 Å². The van der Waals surface area contributed by atoms with Crippen molar-refractivity contribution in [1.82, 2.24) is 6.15 Å². The van der Waals surface area contributed by atoms with E-state index < -0.39 is 0 Å². The minimum absolute atomic E-state index is 0. The van der Waals surface area contributed by atoms with Crippen LogP contribution in [0.5, 0.6) is 0 Å². The number of hydrogen-bond acceptors (Lipinski definition) is 3. The highest BCUT2D eigenvalue weighted by molar-refractivity contribution is 5.72. The molecule has 13 heavy (non-hydrogen) atoms. The van der Waals surface area contributed by atoms with Gasteiger partial charge in [-0.25, -0.2) is 0 Å². The molecule has 0 aliphatic heterocycles. The zero-order valence-electron chi connectivity index (χ0n) is 8.51. The summed E-state index contributed by atoms with van der Waals surface area (Å²) in [4.78, 5) is 11.0. The molecule has 3 heteroatoms. The molecule has 0 aliphatic rings. The predicted molar refractivity (Wildman–Crippen MR) is 54.8 cm³/mol. The van der Waals surface area contributed by atoms with Gasteiger partial charge >= 0.3 is 5.97 Å². The average Bonchev–Trinajstić information content (AvgIpc) is 2.01. The van der Waals surface area contributed by atoms with Gasteiger partial charge in [0.1, 0.15) is 6.61 Å². The van der Waals surface area contributed by atoms with Crippen molar-refractivity contribution in [3.63, 3.8) is 0 Å². The molecule has 0 aromatic rings. The Balaban J connectivity index is 0. The van der Waals surface area contributed by atoms with Gasteiger partial charge in [0.25, 0.3) is 0 Å². The first-order valence-electron chi connectivity index (χ1n) is 4.12. The van der Waals surface area contributed by atoms with Crippen LogP contribution in [0.1, 0.15) is 26.7 Å². The van der Waals surface area contributed by atoms with Crippen molar-refractivity contribution in [2.45, 2.75) is 26.7 Å². The average molecular weight is 185 g/mol. The third kappa shape index (κ3) is 8.82. The molecule has 0 radical (unpaired) electrons. The lowest BCUT2D eigenvalue weighted by molar-refractivity contribution is -0.141. The van der Waals surface area contributed by atoms with Crippen LogP contribution in [0.15, 0.2) is 24.3 Å². The van der Waals surface area contributed by atoms with Crippen molar-refractivity contribution in [2.24, 2.45) is 0 Å². The summed E-state index contributed by atoms with van der Waals surface area (Å²) in [6.07, 6.45) is 4.94. The van der Waals surface area contributed by atoms with Crippen molar-refractivity contribution >= 4 is 5.97 Å². The van der Waals surface area contributed by atoms with Crippen LogP contribution >= 0.6 is 0 Å². The van der Waals surface area contributed by atoms with Gasteiger partial charge in [-0.1, -0.05) is 31.2 Å². The Morgan fingerprint density at radius 2 is 2.15 bits per heavy atom. The van der Waals surface area contributed by atoms with E-state index in [1.165, 1.54) is 0 Å². The normalized spacial score (nSPS) is 10.2. The molecule has 0 aromatic heterocycles. The Hall–Kier alpha value is -1.09. The lowest BCUT2D eigenvalue weighted by atomic mass is 10.2. The number of hydrogen-bond donors (Lipinski definition) is 1. The third-order valence-corrected chi connectivity index (χ3v) is 1.34. The van der Waals surface area contributed by atoms with Gasteiger partial charge in [-0.3, -0.25) is 4.79 Å². The highest BCUT2D eigenvalue weighted by atomic mass is 16.5. The topological polar surface area (TPSA) is 61.3 Å². The van der Waals surface area contributed by atoms with Gasteiger partial charge in [0.2, 0.25) is 0 Å². The van der Waals surface area contributed by atoms with Crippen LogP contribution in [-0.4, -0.2) is 12.6 Å². The number of carbonyl (C=O) groups excluding carboxylic acids is 1. The largest absolute Gasteiger partial charge is 0.461 e. The molecule has 0 aliphatic carbocycles. The maximum atomic E-state index is 11.0. The molecule has 3 nitrogen and oxygen atoms in total. The highest BCUT2D eigenvalue weighted by Gasteiger charge is 2.01. The minimum Gasteiger partial charge on any atom is -0.461 e. The summed E-state index contributed by atoms with van der Waals surface area (Å²) in [5.74, 6) is -0.183. The molecular weight excluding hydrogens is 166 g/mol. The van der Waals surface area contributed by atoms with Gasteiger partial charge in [-0.15, -0.1) is 0 Å². The van der Waals surface area contributed by atoms with Gasteiger partial charge in [0.15, 0.2) is 0 Å². The molecule has 0 rings (SSSR count). The zero-order chi connectivity index (χ0) is 9.40. The predicted octanol–water partition coefficient (Wildman–Crippen LogP) is 2.62. The van der Waals surface area contributed by atoms with E-state index in [-0.39, 0.29) is 12.1 Å². The van der Waals surface area contributed by atoms with E-state index in [1.54, 1.807) is 6.08 Å². The molecule has 0 fully saturated rings. The van der Waals surface area contributed by atoms with E-state index in [2.05, 4.69) is 6.58 Å². The first-order chi connectivity index (χ1) is 5.70. The SMILES string of the molecule is C=CCOC(=O)CC(C)=CCC.N. The van der Waals surface area contributed by atoms with Crippen LogP contribution in [-0.2, 0) is 9.53 Å². The molecule has 0 bridgehead atoms. The van der Waals surface area contributed by atoms with Gasteiger partial charge in [0.05, 0.1) is 6.42 Å². The minimum atomic E-state index is -0.183. The summed E-state index contributed by atoms with van der Waals surface area (Å²) < 4.78 is 4.81. The van der Waals surface area contributed by atoms with Gasteiger partial charge in [0, 0.05) is 0 Å². The lowest BCUT2D eigenvalue weighted by Gasteiger charge is -2.01. The number of carbonyl (C=O) groups is 1. The summed E-state index contributed by atoms with van der Waals surface area (Å²) in [6, 6.07) is 0. The van der Waals surface area contributed by atoms with Crippen LogP contribution in [0.2, 0.25) is 0 Å². The Kier molecular flexibility index (Phi) is 10.00. The fourth-order valence-corrected chi connectivity index (χ4v) is 0.851. The number of rotatable bonds is 5. The van der Waals surface area contributed by atoms with Crippen LogP contribution in [0.3, 0.4) is 0 Å². The highest BCUT2D eigenvalue weighted by Crippen LogP contribution is 2.02. The molecule has 0 unspecified atom stereocenters. The number of ether oxygens (including phenoxy) is 1. The molecule has 0 atom stereocenters. The molecule has 0 spiro atoms. The quantitative estimate of drug-likeness (QED) is 0.529. The first-order valence-corrected chi connectivity index (χ1v) is 4.12. The van der Waals surface area contributed by atoms with Gasteiger partial charge < -0.3 is 10.9 Å². The van der Waals surface area contributed by atoms with E-state index in [9.17, 15) is 4.79 Å². The number of esters is 1. The van der Waals surface area contributed by atoms with Crippen molar-refractivity contribution in [3.05, 3.63) is 24.3 Å². The smallest absolute Gasteiger partial charge is 0.310 e. The molecule has 0 saturated heterocycles. The Morgan fingerprint density at radius 1 is 1.54 bits per heavy atom. The standard InChI is InChI=1S/C10H16O2.H3N/c1-4-6-9(3)8-10(11)12-7-5-2;/h5-6H,2,4,7-8H2,1,3H3;1H3. The molecule has 0 amide bonds. The van der Waals surface area contributed by atoms with E-state index in [0.29, 0.717) is 13.0 Å². The van der Waals surface area contributed by atoms with Gasteiger partial charge in [-0.05, 0) is 13.3 Å². The third-order valence-electron chi connectivity index (χ3n) is 1.34. The summed E-state index contributed by atoms with van der Waals surface area (Å²) in [5.41, 5.74) is 1.06. The van der Waals surface area contributed by atoms with E-state index in [4.69, 9.17) is 4.74 Å². The summed E-state index contributed by atoms with van der Waals surface area (Å²) in [7, 11) is 0. The summed E-state index contributed by atoms with van der Waals surface area (Å²) in [5, 5.41) is 0. The van der Waals surface area contributed by atoms with Crippen LogP contribution in [0.4, 0.5) is 0 Å². The number of allylic oxidation sites excluding steroid dienone is 1. The van der Waals surface area contributed by atoms with E-state index >= 15 is 0 Å². The second kappa shape index (κ2) is 9.00. The van der Waals surface area contributed by atoms with Crippen LogP contribution < -0.4 is 6.15 Å². The molecule has 76 valence electrons. The summed E-state index contributed by atoms with van der Waals surface area (Å²) >= 11 is 0. The van der Waals surface area contributed by atoms with Crippen molar-refractivity contribution in [1.29, 1.82) is 0 Å². The van der Waals surface area contributed by atoms with Crippen LogP contribution in [0.25, 0.3) is 0 Å². The van der Waals surface area contributed by atoms with Crippen molar-refractivity contribution in [3.8, 4) is 0 Å². The van der Waals surface area contributed by atoms with Crippen molar-refractivity contribution in [2.75, 3.05) is 6.61 Å². The first kappa shape index (κ1) is 14.4. The zero-order valence-corrected chi connectivity index (χ0v) is 8.51. The Labute approximate surface area is 80.1 Å². The van der Waals surface area contributed by atoms with E-state index in [0.717, 1.165) is 12.0 Å². The Morgan fingerprint density at radius 3 is 2.62 bits per heavy atom. The fourth-order valence-electron chi connectivity index (χ4n) is 0.851. The molecule has 3 N–H and O–H groups in total. The second-order valence-electron chi connectivity index (χ2n) is 2.61. The summed E-state index contributed by atoms with van der Waals surface area (Å²) in [6.45, 7) is 7.73. The van der Waals surface area contributed by atoms with E-state index in [1.807, 2.05) is 19.9 Å². The maximum Gasteiger partial charge on any atom is 0.310 e. The van der Waals surface area contributed by atoms with Gasteiger partial charge in [-0.2, -0.15) is 0 Å². The Bertz CT molecular complexity index is 185. The fraction of sp³-hybridized carbons (Fsp3) is 0.500. The maximum absolute atomic E-state index is 11.0. The lowest BCUT2D eigenvalue weighted by Crippen LogP contribution is -2.04. The second-order valence-corrected chi connectivity index (χ2v) is 2.61. The monoisotopic (exact) mass is 185 g/mol. The molecular formula is C10H19NO2. The molecule has 0 saturated carbocycles. The van der Waals surface area contributed by atoms with Crippen LogP contribution in [0, 0.1) is 0 Å². The molecule has 0 aromatic carbocycles.